The van der Waals surface area contributed by atoms with E-state index in [1.54, 1.807) is 0 Å². The van der Waals surface area contributed by atoms with Gasteiger partial charge in [-0.25, -0.2) is 13.1 Å². The molecule has 0 saturated heterocycles. The normalized spacial score (nSPS) is 12.5. The molecule has 2 N–H and O–H groups in total. The molecule has 0 aliphatic rings. The summed E-state index contributed by atoms with van der Waals surface area (Å²) in [4.78, 5) is 12.7. The quantitative estimate of drug-likeness (QED) is 0.599. The van der Waals surface area contributed by atoms with Crippen molar-refractivity contribution in [2.24, 2.45) is 0 Å². The minimum absolute atomic E-state index is 0.105. The predicted octanol–water partition coefficient (Wildman–Crippen LogP) is 3.80. The lowest BCUT2D eigenvalue weighted by Crippen LogP contribution is -2.27. The van der Waals surface area contributed by atoms with Crippen molar-refractivity contribution in [3.63, 3.8) is 0 Å². The molecule has 0 saturated carbocycles. The average Bonchev–Trinajstić information content (AvgIpc) is 2.72. The van der Waals surface area contributed by atoms with E-state index in [2.05, 4.69) is 16.6 Å². The SMILES string of the molecule is C=CCNS(=O)(=O)c1ccc(C(=O)N[C@@H](C)c2cccc3ccccc23)cc1. The molecule has 0 aliphatic carbocycles. The Balaban J connectivity index is 1.76. The van der Waals surface area contributed by atoms with Crippen LogP contribution in [-0.4, -0.2) is 20.9 Å². The lowest BCUT2D eigenvalue weighted by Gasteiger charge is -2.17. The third-order valence-electron chi connectivity index (χ3n) is 4.48. The molecule has 0 aromatic heterocycles. The van der Waals surface area contributed by atoms with Crippen molar-refractivity contribution in [1.29, 1.82) is 0 Å². The first kappa shape index (κ1) is 19.8. The van der Waals surface area contributed by atoms with Crippen molar-refractivity contribution in [3.05, 3.63) is 90.5 Å². The highest BCUT2D eigenvalue weighted by molar-refractivity contribution is 7.89. The number of amides is 1. The fourth-order valence-corrected chi connectivity index (χ4v) is 4.02. The van der Waals surface area contributed by atoms with Gasteiger partial charge in [-0.05, 0) is 47.5 Å². The Hall–Kier alpha value is -2.96. The number of hydrogen-bond donors (Lipinski definition) is 2. The molecule has 5 nitrogen and oxygen atoms in total. The van der Waals surface area contributed by atoms with Gasteiger partial charge in [-0.1, -0.05) is 48.5 Å². The number of carbonyl (C=O) groups excluding carboxylic acids is 1. The summed E-state index contributed by atoms with van der Waals surface area (Å²) in [6.45, 7) is 5.56. The first-order chi connectivity index (χ1) is 13.4. The summed E-state index contributed by atoms with van der Waals surface area (Å²) in [5.74, 6) is -0.261. The largest absolute Gasteiger partial charge is 0.345 e. The number of nitrogens with one attached hydrogen (secondary N) is 2. The molecular weight excluding hydrogens is 372 g/mol. The molecule has 0 radical (unpaired) electrons. The summed E-state index contributed by atoms with van der Waals surface area (Å²) < 4.78 is 26.6. The molecule has 0 unspecified atom stereocenters. The minimum Gasteiger partial charge on any atom is -0.345 e. The molecule has 0 aliphatic heterocycles. The third kappa shape index (κ3) is 4.30. The molecule has 1 atom stereocenters. The monoisotopic (exact) mass is 394 g/mol. The van der Waals surface area contributed by atoms with Crippen molar-refractivity contribution in [2.75, 3.05) is 6.54 Å². The summed E-state index contributed by atoms with van der Waals surface area (Å²) in [6.07, 6.45) is 1.47. The Morgan fingerprint density at radius 1 is 1.04 bits per heavy atom. The third-order valence-corrected chi connectivity index (χ3v) is 5.92. The fourth-order valence-electron chi connectivity index (χ4n) is 3.02. The van der Waals surface area contributed by atoms with Gasteiger partial charge >= 0.3 is 0 Å². The van der Waals surface area contributed by atoms with Crippen LogP contribution in [0.1, 0.15) is 28.9 Å². The molecule has 0 heterocycles. The van der Waals surface area contributed by atoms with Crippen molar-refractivity contribution >= 4 is 26.7 Å². The van der Waals surface area contributed by atoms with Gasteiger partial charge in [0.25, 0.3) is 5.91 Å². The number of benzene rings is 3. The lowest BCUT2D eigenvalue weighted by molar-refractivity contribution is 0.0940. The zero-order chi connectivity index (χ0) is 20.1. The van der Waals surface area contributed by atoms with Crippen LogP contribution in [0.4, 0.5) is 0 Å². The van der Waals surface area contributed by atoms with E-state index in [-0.39, 0.29) is 23.4 Å². The van der Waals surface area contributed by atoms with Crippen molar-refractivity contribution in [3.8, 4) is 0 Å². The molecule has 3 aromatic carbocycles. The highest BCUT2D eigenvalue weighted by Crippen LogP contribution is 2.24. The van der Waals surface area contributed by atoms with Gasteiger partial charge in [0.2, 0.25) is 10.0 Å². The zero-order valence-corrected chi connectivity index (χ0v) is 16.4. The van der Waals surface area contributed by atoms with E-state index < -0.39 is 10.0 Å². The maximum absolute atomic E-state index is 12.6. The molecule has 28 heavy (non-hydrogen) atoms. The van der Waals surface area contributed by atoms with Crippen LogP contribution in [0.2, 0.25) is 0 Å². The Morgan fingerprint density at radius 3 is 2.43 bits per heavy atom. The molecule has 0 fully saturated rings. The van der Waals surface area contributed by atoms with Crippen molar-refractivity contribution in [1.82, 2.24) is 10.0 Å². The highest BCUT2D eigenvalue weighted by Gasteiger charge is 2.16. The van der Waals surface area contributed by atoms with Crippen LogP contribution < -0.4 is 10.0 Å². The lowest BCUT2D eigenvalue weighted by atomic mass is 9.99. The van der Waals surface area contributed by atoms with E-state index in [9.17, 15) is 13.2 Å². The molecule has 144 valence electrons. The van der Waals surface area contributed by atoms with Gasteiger partial charge in [0.15, 0.2) is 0 Å². The van der Waals surface area contributed by atoms with Crippen LogP contribution in [0.3, 0.4) is 0 Å². The summed E-state index contributed by atoms with van der Waals surface area (Å²) in [7, 11) is -3.61. The molecule has 0 bridgehead atoms. The van der Waals surface area contributed by atoms with Crippen LogP contribution in [0.5, 0.6) is 0 Å². The Kier molecular flexibility index (Phi) is 5.92. The number of hydrogen-bond acceptors (Lipinski definition) is 3. The van der Waals surface area contributed by atoms with Crippen molar-refractivity contribution < 1.29 is 13.2 Å². The van der Waals surface area contributed by atoms with Crippen LogP contribution in [-0.2, 0) is 10.0 Å². The van der Waals surface area contributed by atoms with E-state index in [4.69, 9.17) is 0 Å². The van der Waals surface area contributed by atoms with E-state index in [1.165, 1.54) is 30.3 Å². The van der Waals surface area contributed by atoms with Crippen LogP contribution >= 0.6 is 0 Å². The molecule has 6 heteroatoms. The molecule has 0 spiro atoms. The van der Waals surface area contributed by atoms with Crippen LogP contribution in [0.15, 0.2) is 84.3 Å². The first-order valence-corrected chi connectivity index (χ1v) is 10.4. The summed E-state index contributed by atoms with van der Waals surface area (Å²) >= 11 is 0. The Morgan fingerprint density at radius 2 is 1.71 bits per heavy atom. The van der Waals surface area contributed by atoms with Gasteiger partial charge < -0.3 is 5.32 Å². The molecule has 3 aromatic rings. The van der Waals surface area contributed by atoms with Crippen LogP contribution in [0, 0.1) is 0 Å². The van der Waals surface area contributed by atoms with Crippen molar-refractivity contribution in [2.45, 2.75) is 17.9 Å². The molecule has 3 rings (SSSR count). The van der Waals surface area contributed by atoms with E-state index in [0.717, 1.165) is 16.3 Å². The second-order valence-electron chi connectivity index (χ2n) is 6.43. The molecular formula is C22H22N2O3S. The van der Waals surface area contributed by atoms with Gasteiger partial charge in [-0.2, -0.15) is 0 Å². The number of rotatable bonds is 7. The summed E-state index contributed by atoms with van der Waals surface area (Å²) in [6, 6.07) is 19.7. The zero-order valence-electron chi connectivity index (χ0n) is 15.6. The van der Waals surface area contributed by atoms with E-state index >= 15 is 0 Å². The first-order valence-electron chi connectivity index (χ1n) is 8.91. The molecule has 1 amide bonds. The second kappa shape index (κ2) is 8.37. The predicted molar refractivity (Wildman–Crippen MR) is 112 cm³/mol. The maximum atomic E-state index is 12.6. The van der Waals surface area contributed by atoms with E-state index in [0.29, 0.717) is 5.56 Å². The number of carbonyl (C=O) groups is 1. The second-order valence-corrected chi connectivity index (χ2v) is 8.20. The van der Waals surface area contributed by atoms with Gasteiger partial charge in [0.1, 0.15) is 0 Å². The Labute approximate surface area is 165 Å². The van der Waals surface area contributed by atoms with Gasteiger partial charge in [-0.3, -0.25) is 4.79 Å². The van der Waals surface area contributed by atoms with E-state index in [1.807, 2.05) is 49.4 Å². The number of fused-ring (bicyclic) bond motifs is 1. The van der Waals surface area contributed by atoms with Gasteiger partial charge in [0.05, 0.1) is 10.9 Å². The smallest absolute Gasteiger partial charge is 0.251 e. The maximum Gasteiger partial charge on any atom is 0.251 e. The summed E-state index contributed by atoms with van der Waals surface area (Å²) in [5.41, 5.74) is 1.43. The standard InChI is InChI=1S/C22H22N2O3S/c1-3-15-23-28(26,27)19-13-11-18(12-14-19)22(25)24-16(2)20-10-6-8-17-7-4-5-9-21(17)20/h3-14,16,23H,1,15H2,2H3,(H,24,25)/t16-/m0/s1. The van der Waals surface area contributed by atoms with Gasteiger partial charge in [-0.15, -0.1) is 6.58 Å². The summed E-state index contributed by atoms with van der Waals surface area (Å²) in [5, 5.41) is 5.18. The Bertz CT molecular complexity index is 1100. The van der Waals surface area contributed by atoms with Crippen LogP contribution in [0.25, 0.3) is 10.8 Å². The fraction of sp³-hybridized carbons (Fsp3) is 0.136. The van der Waals surface area contributed by atoms with Gasteiger partial charge in [0, 0.05) is 12.1 Å². The minimum atomic E-state index is -3.61. The number of sulfonamides is 1. The topological polar surface area (TPSA) is 75.3 Å². The highest BCUT2D eigenvalue weighted by atomic mass is 32.2. The average molecular weight is 394 g/mol.